The van der Waals surface area contributed by atoms with E-state index in [-0.39, 0.29) is 15.7 Å². The van der Waals surface area contributed by atoms with Crippen molar-refractivity contribution in [2.75, 3.05) is 0 Å². The quantitative estimate of drug-likeness (QED) is 0.751. The molecule has 0 aliphatic rings. The maximum atomic E-state index is 12.2. The molecule has 0 unspecified atom stereocenters. The number of thiophene rings is 1. The minimum Gasteiger partial charge on any atom is -0.389 e. The number of hydrogen-bond acceptors (Lipinski definition) is 4. The number of rotatable bonds is 5. The lowest BCUT2D eigenvalue weighted by Gasteiger charge is -2.06. The summed E-state index contributed by atoms with van der Waals surface area (Å²) >= 11 is 9.43. The van der Waals surface area contributed by atoms with Crippen LogP contribution in [0.5, 0.6) is 0 Å². The van der Waals surface area contributed by atoms with E-state index >= 15 is 0 Å². The first-order valence-corrected chi connectivity index (χ1v) is 9.44. The second kappa shape index (κ2) is 6.53. The Kier molecular flexibility index (Phi) is 5.15. The molecule has 0 saturated carbocycles. The van der Waals surface area contributed by atoms with Gasteiger partial charge in [0, 0.05) is 12.1 Å². The molecule has 0 atom stereocenters. The van der Waals surface area contributed by atoms with Crippen LogP contribution < -0.4 is 10.5 Å². The van der Waals surface area contributed by atoms with Gasteiger partial charge in [0.25, 0.3) is 0 Å². The van der Waals surface area contributed by atoms with Gasteiger partial charge in [-0.1, -0.05) is 30.4 Å². The Morgan fingerprint density at radius 1 is 1.43 bits per heavy atom. The number of nitrogens with two attached hydrogens (primary N) is 1. The Hall–Kier alpha value is -0.800. The van der Waals surface area contributed by atoms with E-state index in [0.29, 0.717) is 0 Å². The monoisotopic (exact) mass is 404 g/mol. The number of sulfonamides is 1. The fourth-order valence-corrected chi connectivity index (χ4v) is 5.06. The van der Waals surface area contributed by atoms with Crippen molar-refractivity contribution in [2.45, 2.75) is 17.7 Å². The molecule has 112 valence electrons. The Morgan fingerprint density at radius 3 is 2.71 bits per heavy atom. The van der Waals surface area contributed by atoms with Crippen LogP contribution in [0.1, 0.15) is 16.7 Å². The Morgan fingerprint density at radius 2 is 2.14 bits per heavy atom. The molecule has 2 rings (SSSR count). The van der Waals surface area contributed by atoms with Gasteiger partial charge in [0.2, 0.25) is 10.0 Å². The van der Waals surface area contributed by atoms with Gasteiger partial charge in [-0.15, -0.1) is 11.3 Å². The number of thiocarbonyl (C=S) groups is 1. The van der Waals surface area contributed by atoms with Crippen LogP contribution in [0.25, 0.3) is 0 Å². The van der Waals surface area contributed by atoms with Gasteiger partial charge in [-0.05, 0) is 46.1 Å². The molecule has 1 aromatic carbocycles. The average molecular weight is 405 g/mol. The molecule has 4 nitrogen and oxygen atoms in total. The molecule has 0 amide bonds. The zero-order valence-corrected chi connectivity index (χ0v) is 15.1. The predicted molar refractivity (Wildman–Crippen MR) is 93.1 cm³/mol. The van der Waals surface area contributed by atoms with E-state index in [1.807, 2.05) is 13.0 Å². The summed E-state index contributed by atoms with van der Waals surface area (Å²) in [4.78, 5) is 0.289. The minimum atomic E-state index is -3.52. The lowest BCUT2D eigenvalue weighted by molar-refractivity contribution is 0.583. The first-order chi connectivity index (χ1) is 9.79. The first-order valence-electron chi connectivity index (χ1n) is 5.94. The number of hydrogen-bond donors (Lipinski definition) is 2. The molecule has 0 radical (unpaired) electrons. The number of benzene rings is 1. The highest BCUT2D eigenvalue weighted by Gasteiger charge is 2.18. The fraction of sp³-hybridized carbons (Fsp3) is 0.154. The molecule has 0 saturated heterocycles. The van der Waals surface area contributed by atoms with Gasteiger partial charge in [-0.2, -0.15) is 0 Å². The van der Waals surface area contributed by atoms with Gasteiger partial charge < -0.3 is 5.73 Å². The Bertz CT molecular complexity index is 765. The van der Waals surface area contributed by atoms with Crippen LogP contribution in [-0.2, 0) is 16.6 Å². The van der Waals surface area contributed by atoms with Crippen molar-refractivity contribution >= 4 is 54.5 Å². The average Bonchev–Trinajstić information content (AvgIpc) is 2.78. The van der Waals surface area contributed by atoms with Crippen molar-refractivity contribution in [3.8, 4) is 0 Å². The van der Waals surface area contributed by atoms with Gasteiger partial charge in [-0.25, -0.2) is 13.1 Å². The second-order valence-corrected chi connectivity index (χ2v) is 9.22. The topological polar surface area (TPSA) is 72.2 Å². The number of nitrogens with one attached hydrogen (secondary N) is 1. The molecule has 8 heteroatoms. The molecule has 0 bridgehead atoms. The van der Waals surface area contributed by atoms with Crippen LogP contribution in [0.3, 0.4) is 0 Å². The third kappa shape index (κ3) is 4.10. The fourth-order valence-electron chi connectivity index (χ4n) is 1.65. The summed E-state index contributed by atoms with van der Waals surface area (Å²) < 4.78 is 28.1. The van der Waals surface area contributed by atoms with E-state index in [1.54, 1.807) is 24.3 Å². The lowest BCUT2D eigenvalue weighted by Crippen LogP contribution is -2.22. The van der Waals surface area contributed by atoms with Crippen LogP contribution in [0.4, 0.5) is 0 Å². The van der Waals surface area contributed by atoms with Crippen molar-refractivity contribution in [2.24, 2.45) is 5.73 Å². The zero-order chi connectivity index (χ0) is 15.6. The molecular weight excluding hydrogens is 392 g/mol. The third-order valence-corrected chi connectivity index (χ3v) is 7.02. The van der Waals surface area contributed by atoms with Gasteiger partial charge in [0.1, 0.15) is 9.20 Å². The molecule has 2 aromatic rings. The highest BCUT2D eigenvalue weighted by molar-refractivity contribution is 9.11. The molecule has 0 fully saturated rings. The molecule has 3 N–H and O–H groups in total. The highest BCUT2D eigenvalue weighted by Crippen LogP contribution is 2.30. The van der Waals surface area contributed by atoms with E-state index in [4.69, 9.17) is 18.0 Å². The molecule has 1 aromatic heterocycles. The SMILES string of the molecule is Cc1cc(S(=O)(=O)NCc2cccc(C(N)=S)c2)sc1Br. The van der Waals surface area contributed by atoms with Crippen molar-refractivity contribution < 1.29 is 8.42 Å². The minimum absolute atomic E-state index is 0.188. The standard InChI is InChI=1S/C13H13BrN2O2S3/c1-8-5-11(20-12(8)14)21(17,18)16-7-9-3-2-4-10(6-9)13(15)19/h2-6,16H,7H2,1H3,(H2,15,19). The van der Waals surface area contributed by atoms with E-state index < -0.39 is 10.0 Å². The number of aryl methyl sites for hydroxylation is 1. The van der Waals surface area contributed by atoms with Crippen LogP contribution in [0.2, 0.25) is 0 Å². The van der Waals surface area contributed by atoms with E-state index in [2.05, 4.69) is 20.7 Å². The van der Waals surface area contributed by atoms with Crippen LogP contribution in [0, 0.1) is 6.92 Å². The largest absolute Gasteiger partial charge is 0.389 e. The third-order valence-electron chi connectivity index (χ3n) is 2.78. The van der Waals surface area contributed by atoms with Gasteiger partial charge in [0.15, 0.2) is 0 Å². The molecule has 1 heterocycles. The molecule has 0 spiro atoms. The van der Waals surface area contributed by atoms with Crippen molar-refractivity contribution in [3.63, 3.8) is 0 Å². The summed E-state index contributed by atoms with van der Waals surface area (Å²) in [7, 11) is -3.52. The smallest absolute Gasteiger partial charge is 0.250 e. The highest BCUT2D eigenvalue weighted by atomic mass is 79.9. The maximum absolute atomic E-state index is 12.2. The van der Waals surface area contributed by atoms with Crippen LogP contribution in [-0.4, -0.2) is 13.4 Å². The first kappa shape index (κ1) is 16.6. The van der Waals surface area contributed by atoms with E-state index in [0.717, 1.165) is 20.5 Å². The summed E-state index contributed by atoms with van der Waals surface area (Å²) in [5, 5.41) is 0. The zero-order valence-electron chi connectivity index (χ0n) is 11.1. The Balaban J connectivity index is 2.15. The summed E-state index contributed by atoms with van der Waals surface area (Å²) in [5.74, 6) is 0. The molecule has 0 aliphatic carbocycles. The van der Waals surface area contributed by atoms with E-state index in [1.165, 1.54) is 11.3 Å². The molecular formula is C13H13BrN2O2S3. The lowest BCUT2D eigenvalue weighted by atomic mass is 10.1. The summed E-state index contributed by atoms with van der Waals surface area (Å²) in [6, 6.07) is 8.83. The summed E-state index contributed by atoms with van der Waals surface area (Å²) in [6.45, 7) is 2.04. The van der Waals surface area contributed by atoms with Gasteiger partial charge >= 0.3 is 0 Å². The van der Waals surface area contributed by atoms with Crippen molar-refractivity contribution in [3.05, 3.63) is 50.8 Å². The number of halogens is 1. The van der Waals surface area contributed by atoms with Gasteiger partial charge in [-0.3, -0.25) is 0 Å². The van der Waals surface area contributed by atoms with Gasteiger partial charge in [0.05, 0.1) is 3.79 Å². The van der Waals surface area contributed by atoms with Crippen LogP contribution >= 0.6 is 39.5 Å². The molecule has 0 aliphatic heterocycles. The predicted octanol–water partition coefficient (Wildman–Crippen LogP) is 2.93. The normalized spacial score (nSPS) is 11.5. The van der Waals surface area contributed by atoms with Crippen molar-refractivity contribution in [1.82, 2.24) is 4.72 Å². The second-order valence-electron chi connectivity index (χ2n) is 4.41. The summed E-state index contributed by atoms with van der Waals surface area (Å²) in [5.41, 5.74) is 7.98. The Labute approximate surface area is 141 Å². The van der Waals surface area contributed by atoms with E-state index in [9.17, 15) is 8.42 Å². The van der Waals surface area contributed by atoms with Crippen LogP contribution in [0.15, 0.2) is 38.3 Å². The molecule has 21 heavy (non-hydrogen) atoms. The van der Waals surface area contributed by atoms with Crippen molar-refractivity contribution in [1.29, 1.82) is 0 Å². The maximum Gasteiger partial charge on any atom is 0.250 e. The summed E-state index contributed by atoms with van der Waals surface area (Å²) in [6.07, 6.45) is 0.